The molecule has 0 saturated carbocycles. The Hall–Kier alpha value is -3.60. The van der Waals surface area contributed by atoms with Crippen LogP contribution in [0.25, 0.3) is 43.6 Å². The molecule has 6 heterocycles. The average Bonchev–Trinajstić information content (AvgIpc) is 3.43. The first-order chi connectivity index (χ1) is 18.8. The molecule has 0 amide bonds. The lowest BCUT2D eigenvalue weighted by molar-refractivity contribution is 0.240. The Morgan fingerprint density at radius 3 is 1.63 bits per heavy atom. The summed E-state index contributed by atoms with van der Waals surface area (Å²) in [5.41, 5.74) is 8.07. The summed E-state index contributed by atoms with van der Waals surface area (Å²) in [7, 11) is 0. The molecule has 2 aromatic heterocycles. The van der Waals surface area contributed by atoms with Gasteiger partial charge in [0, 0.05) is 76.4 Å². The second kappa shape index (κ2) is 9.94. The second-order valence-corrected chi connectivity index (χ2v) is 10.9. The zero-order chi connectivity index (χ0) is 25.5. The van der Waals surface area contributed by atoms with Crippen molar-refractivity contribution in [2.75, 3.05) is 13.2 Å². The minimum Gasteiger partial charge on any atom is -0.396 e. The van der Waals surface area contributed by atoms with Crippen LogP contribution in [0.4, 0.5) is 0 Å². The third kappa shape index (κ3) is 4.09. The van der Waals surface area contributed by atoms with Gasteiger partial charge in [-0.15, -0.1) is 0 Å². The van der Waals surface area contributed by atoms with Gasteiger partial charge in [-0.25, -0.2) is 0 Å². The maximum absolute atomic E-state index is 9.29. The number of aliphatic hydroxyl groups is 1. The summed E-state index contributed by atoms with van der Waals surface area (Å²) in [5, 5.41) is 14.7. The number of rotatable bonds is 5. The number of unbranched alkanes of at least 4 members (excludes halogenated alkanes) is 2. The molecular weight excluding hydrogens is 466 g/mol. The van der Waals surface area contributed by atoms with Crippen LogP contribution in [0, 0.1) is 0 Å². The third-order valence-corrected chi connectivity index (χ3v) is 8.38. The number of hydrogen-bond acceptors (Lipinski definition) is 2. The fourth-order valence-corrected chi connectivity index (χ4v) is 6.62. The molecule has 4 aromatic carbocycles. The van der Waals surface area contributed by atoms with Crippen LogP contribution in [0.15, 0.2) is 84.9 Å². The van der Waals surface area contributed by atoms with Gasteiger partial charge < -0.3 is 14.2 Å². The highest BCUT2D eigenvalue weighted by Gasteiger charge is 2.16. The van der Waals surface area contributed by atoms with E-state index in [2.05, 4.69) is 99.0 Å². The van der Waals surface area contributed by atoms with Crippen molar-refractivity contribution in [3.05, 3.63) is 96.1 Å². The van der Waals surface area contributed by atoms with E-state index in [-0.39, 0.29) is 6.61 Å². The topological polar surface area (TPSA) is 33.3 Å². The average molecular weight is 502 g/mol. The molecule has 38 heavy (non-hydrogen) atoms. The second-order valence-electron chi connectivity index (χ2n) is 10.9. The Kier molecular flexibility index (Phi) is 6.15. The van der Waals surface area contributed by atoms with Gasteiger partial charge >= 0.3 is 0 Å². The number of aryl methyl sites for hydroxylation is 2. The van der Waals surface area contributed by atoms with Crippen LogP contribution < -0.4 is 0 Å². The van der Waals surface area contributed by atoms with Gasteiger partial charge in [-0.3, -0.25) is 4.90 Å². The predicted octanol–water partition coefficient (Wildman–Crippen LogP) is 7.47. The van der Waals surface area contributed by atoms with Crippen molar-refractivity contribution >= 4 is 43.6 Å². The number of benzene rings is 4. The maximum Gasteiger partial charge on any atom is 0.0491 e. The summed E-state index contributed by atoms with van der Waals surface area (Å²) in [6.07, 6.45) is 4.12. The fourth-order valence-electron chi connectivity index (χ4n) is 6.62. The molecule has 192 valence electrons. The summed E-state index contributed by atoms with van der Waals surface area (Å²) in [6.45, 7) is 5.14. The van der Waals surface area contributed by atoms with Gasteiger partial charge in [0.05, 0.1) is 0 Å². The SMILES string of the molecule is OCCCCCN1Cc2ccc3c(c2)c2ccccc2n3CCCn2c3ccccc3c3cc(ccc32)C1. The quantitative estimate of drug-likeness (QED) is 0.249. The van der Waals surface area contributed by atoms with Crippen molar-refractivity contribution in [1.29, 1.82) is 0 Å². The number of aliphatic hydroxyl groups excluding tert-OH is 1. The molecular formula is C34H35N3O. The Bertz CT molecular complexity index is 1630. The van der Waals surface area contributed by atoms with Gasteiger partial charge in [0.15, 0.2) is 0 Å². The smallest absolute Gasteiger partial charge is 0.0491 e. The van der Waals surface area contributed by atoms with E-state index >= 15 is 0 Å². The molecule has 4 aliphatic rings. The van der Waals surface area contributed by atoms with Crippen molar-refractivity contribution in [3.8, 4) is 0 Å². The van der Waals surface area contributed by atoms with E-state index < -0.39 is 0 Å². The molecule has 8 bridgehead atoms. The van der Waals surface area contributed by atoms with Crippen molar-refractivity contribution in [1.82, 2.24) is 14.0 Å². The highest BCUT2D eigenvalue weighted by atomic mass is 16.2. The third-order valence-electron chi connectivity index (χ3n) is 8.38. The monoisotopic (exact) mass is 501 g/mol. The molecule has 0 unspecified atom stereocenters. The Morgan fingerprint density at radius 2 is 1.08 bits per heavy atom. The highest BCUT2D eigenvalue weighted by Crippen LogP contribution is 2.33. The van der Waals surface area contributed by atoms with Crippen molar-refractivity contribution in [2.24, 2.45) is 0 Å². The van der Waals surface area contributed by atoms with Crippen LogP contribution in [-0.4, -0.2) is 32.3 Å². The van der Waals surface area contributed by atoms with Crippen molar-refractivity contribution in [2.45, 2.75) is 51.9 Å². The molecule has 4 nitrogen and oxygen atoms in total. The van der Waals surface area contributed by atoms with Gasteiger partial charge in [-0.2, -0.15) is 0 Å². The van der Waals surface area contributed by atoms with E-state index in [1.807, 2.05) is 0 Å². The number of nitrogens with zero attached hydrogens (tertiary/aromatic N) is 3. The lowest BCUT2D eigenvalue weighted by Gasteiger charge is -2.23. The lowest BCUT2D eigenvalue weighted by Crippen LogP contribution is -2.24. The van der Waals surface area contributed by atoms with Gasteiger partial charge in [0.25, 0.3) is 0 Å². The Balaban J connectivity index is 1.38. The summed E-state index contributed by atoms with van der Waals surface area (Å²) in [4.78, 5) is 2.59. The predicted molar refractivity (Wildman–Crippen MR) is 159 cm³/mol. The first-order valence-corrected chi connectivity index (χ1v) is 14.1. The molecule has 1 N–H and O–H groups in total. The minimum absolute atomic E-state index is 0.279. The molecule has 0 fully saturated rings. The molecule has 0 atom stereocenters. The van der Waals surface area contributed by atoms with Gasteiger partial charge in [-0.1, -0.05) is 48.5 Å². The highest BCUT2D eigenvalue weighted by molar-refractivity contribution is 6.09. The summed E-state index contributed by atoms with van der Waals surface area (Å²) >= 11 is 0. The first kappa shape index (κ1) is 23.5. The number of aromatic nitrogens is 2. The molecule has 0 aliphatic carbocycles. The molecule has 10 rings (SSSR count). The van der Waals surface area contributed by atoms with E-state index in [4.69, 9.17) is 0 Å². The first-order valence-electron chi connectivity index (χ1n) is 14.1. The molecule has 6 aromatic rings. The van der Waals surface area contributed by atoms with Crippen LogP contribution in [0.5, 0.6) is 0 Å². The minimum atomic E-state index is 0.279. The zero-order valence-electron chi connectivity index (χ0n) is 21.9. The fraction of sp³-hybridized carbons (Fsp3) is 0.294. The molecule has 4 aliphatic heterocycles. The number of para-hydroxylation sites is 2. The normalized spacial score (nSPS) is 14.9. The number of hydrogen-bond donors (Lipinski definition) is 1. The van der Waals surface area contributed by atoms with Crippen LogP contribution in [-0.2, 0) is 26.2 Å². The van der Waals surface area contributed by atoms with Crippen molar-refractivity contribution in [3.63, 3.8) is 0 Å². The summed E-state index contributed by atoms with van der Waals surface area (Å²) in [5.74, 6) is 0. The molecule has 0 spiro atoms. The summed E-state index contributed by atoms with van der Waals surface area (Å²) < 4.78 is 5.05. The maximum atomic E-state index is 9.29. The Morgan fingerprint density at radius 1 is 0.553 bits per heavy atom. The van der Waals surface area contributed by atoms with E-state index in [1.54, 1.807) is 0 Å². The summed E-state index contributed by atoms with van der Waals surface area (Å²) in [6, 6.07) is 32.0. The largest absolute Gasteiger partial charge is 0.396 e. The zero-order valence-corrected chi connectivity index (χ0v) is 21.9. The van der Waals surface area contributed by atoms with E-state index in [1.165, 1.54) is 54.7 Å². The van der Waals surface area contributed by atoms with E-state index in [0.29, 0.717) is 0 Å². The van der Waals surface area contributed by atoms with Gasteiger partial charge in [-0.05, 0) is 79.8 Å². The van der Waals surface area contributed by atoms with Crippen LogP contribution in [0.3, 0.4) is 0 Å². The number of fused-ring (bicyclic) bond motifs is 2. The van der Waals surface area contributed by atoms with Crippen LogP contribution >= 0.6 is 0 Å². The van der Waals surface area contributed by atoms with Crippen LogP contribution in [0.2, 0.25) is 0 Å². The van der Waals surface area contributed by atoms with Crippen molar-refractivity contribution < 1.29 is 5.11 Å². The molecule has 4 heteroatoms. The Labute approximate surface area is 223 Å². The van der Waals surface area contributed by atoms with Crippen LogP contribution in [0.1, 0.15) is 36.8 Å². The molecule has 0 radical (unpaired) electrons. The van der Waals surface area contributed by atoms with Gasteiger partial charge in [0.1, 0.15) is 0 Å². The van der Waals surface area contributed by atoms with E-state index in [9.17, 15) is 5.11 Å². The molecule has 0 saturated heterocycles. The lowest BCUT2D eigenvalue weighted by atomic mass is 10.1. The standard InChI is InChI=1S/C34H35N3O/c38-20-7-1-6-17-35-23-25-13-15-33-29(21-25)27-9-2-4-11-31(27)36(33)18-8-19-37-32-12-5-3-10-28(32)30-22-26(24-35)14-16-34(30)37/h2-5,9-16,21-22,38H,1,6-8,17-20,23-24H2. The van der Waals surface area contributed by atoms with Gasteiger partial charge in [0.2, 0.25) is 0 Å². The van der Waals surface area contributed by atoms with E-state index in [0.717, 1.165) is 58.4 Å².